The molecule has 21 heavy (non-hydrogen) atoms. The van der Waals surface area contributed by atoms with Crippen LogP contribution in [-0.2, 0) is 9.16 Å². The quantitative estimate of drug-likeness (QED) is 0.379. The molecule has 0 bridgehead atoms. The van der Waals surface area contributed by atoms with Gasteiger partial charge in [-0.2, -0.15) is 0 Å². The van der Waals surface area contributed by atoms with Crippen molar-refractivity contribution in [3.8, 4) is 0 Å². The molecule has 0 amide bonds. The van der Waals surface area contributed by atoms with Crippen molar-refractivity contribution in [1.29, 1.82) is 0 Å². The Morgan fingerprint density at radius 3 is 2.62 bits per heavy atom. The van der Waals surface area contributed by atoms with Gasteiger partial charge in [-0.1, -0.05) is 51.2 Å². The molecule has 0 aromatic rings. The first-order chi connectivity index (χ1) is 9.78. The summed E-state index contributed by atoms with van der Waals surface area (Å²) in [6.07, 6.45) is 13.6. The van der Waals surface area contributed by atoms with Gasteiger partial charge in [0.25, 0.3) is 0 Å². The fraction of sp³-hybridized carbons (Fsp3) is 0.667. The maximum Gasteiger partial charge on any atom is 0.192 e. The van der Waals surface area contributed by atoms with E-state index in [4.69, 9.17) is 9.16 Å². The molecule has 0 N–H and O–H groups in total. The van der Waals surface area contributed by atoms with E-state index in [9.17, 15) is 0 Å². The van der Waals surface area contributed by atoms with E-state index in [0.29, 0.717) is 0 Å². The maximum atomic E-state index is 6.56. The lowest BCUT2D eigenvalue weighted by Gasteiger charge is -2.42. The molecule has 2 atom stereocenters. The van der Waals surface area contributed by atoms with Gasteiger partial charge < -0.3 is 9.16 Å². The van der Waals surface area contributed by atoms with Crippen molar-refractivity contribution in [1.82, 2.24) is 0 Å². The minimum absolute atomic E-state index is 0.0845. The number of allylic oxidation sites excluding steroid dienone is 4. The minimum atomic E-state index is -1.74. The van der Waals surface area contributed by atoms with Crippen LogP contribution in [0.4, 0.5) is 0 Å². The lowest BCUT2D eigenvalue weighted by atomic mass is 10.1. The highest BCUT2D eigenvalue weighted by atomic mass is 28.4. The first kappa shape index (κ1) is 18.4. The summed E-state index contributed by atoms with van der Waals surface area (Å²) in [6.45, 7) is 16.0. The van der Waals surface area contributed by atoms with Crippen LogP contribution in [0.2, 0.25) is 18.1 Å². The lowest BCUT2D eigenvalue weighted by Crippen LogP contribution is -2.48. The molecule has 3 heteroatoms. The van der Waals surface area contributed by atoms with Gasteiger partial charge in [-0.15, -0.1) is 6.58 Å². The van der Waals surface area contributed by atoms with E-state index in [1.165, 1.54) is 0 Å². The summed E-state index contributed by atoms with van der Waals surface area (Å²) in [7, 11) is -1.74. The fourth-order valence-electron chi connectivity index (χ4n) is 2.06. The zero-order chi connectivity index (χ0) is 15.9. The molecule has 0 unspecified atom stereocenters. The second kappa shape index (κ2) is 8.11. The summed E-state index contributed by atoms with van der Waals surface area (Å²) in [5.74, 6) is 0. The Morgan fingerprint density at radius 1 is 1.29 bits per heavy atom. The summed E-state index contributed by atoms with van der Waals surface area (Å²) in [5.41, 5.74) is 0. The van der Waals surface area contributed by atoms with Crippen LogP contribution in [0.25, 0.3) is 0 Å². The summed E-state index contributed by atoms with van der Waals surface area (Å²) >= 11 is 0. The Hall–Kier alpha value is -0.643. The third kappa shape index (κ3) is 5.93. The van der Waals surface area contributed by atoms with Gasteiger partial charge in [-0.05, 0) is 37.4 Å². The predicted molar refractivity (Wildman–Crippen MR) is 94.1 cm³/mol. The van der Waals surface area contributed by atoms with E-state index in [0.717, 1.165) is 25.9 Å². The summed E-state index contributed by atoms with van der Waals surface area (Å²) < 4.78 is 12.5. The highest BCUT2D eigenvalue weighted by molar-refractivity contribution is 6.74. The van der Waals surface area contributed by atoms with Crippen molar-refractivity contribution < 1.29 is 9.16 Å². The van der Waals surface area contributed by atoms with E-state index < -0.39 is 8.32 Å². The normalized spacial score (nSPS) is 24.8. The molecule has 0 saturated carbocycles. The Balaban J connectivity index is 2.67. The lowest BCUT2D eigenvalue weighted by molar-refractivity contribution is -0.0420. The summed E-state index contributed by atoms with van der Waals surface area (Å²) in [5, 5.41) is 0.239. The van der Waals surface area contributed by atoms with E-state index >= 15 is 0 Å². The SMILES string of the molecule is C=CC/C=C\C=C/[C@H]1OCCC[C@@H]1O[Si](C)(C)C(C)(C)C. The Morgan fingerprint density at radius 2 is 2.00 bits per heavy atom. The molecule has 0 aromatic carbocycles. The van der Waals surface area contributed by atoms with Crippen LogP contribution in [0.15, 0.2) is 37.0 Å². The molecule has 1 saturated heterocycles. The number of hydrogen-bond acceptors (Lipinski definition) is 2. The average molecular weight is 309 g/mol. The van der Waals surface area contributed by atoms with Crippen molar-refractivity contribution in [2.75, 3.05) is 6.61 Å². The molecule has 2 nitrogen and oxygen atoms in total. The van der Waals surface area contributed by atoms with Crippen molar-refractivity contribution in [2.45, 2.75) is 70.4 Å². The Bertz CT molecular complexity index is 377. The maximum absolute atomic E-state index is 6.56. The van der Waals surface area contributed by atoms with Gasteiger partial charge in [0.05, 0.1) is 6.10 Å². The summed E-state index contributed by atoms with van der Waals surface area (Å²) in [4.78, 5) is 0. The number of hydrogen-bond donors (Lipinski definition) is 0. The van der Waals surface area contributed by atoms with E-state index in [1.54, 1.807) is 0 Å². The molecule has 0 radical (unpaired) electrons. The van der Waals surface area contributed by atoms with Crippen LogP contribution >= 0.6 is 0 Å². The van der Waals surface area contributed by atoms with Crippen molar-refractivity contribution in [2.24, 2.45) is 0 Å². The first-order valence-electron chi connectivity index (χ1n) is 8.01. The van der Waals surface area contributed by atoms with Gasteiger partial charge in [-0.25, -0.2) is 0 Å². The standard InChI is InChI=1S/C18H32O2Si/c1-7-8-9-10-11-13-16-17(14-12-15-19-16)20-21(5,6)18(2,3)4/h7,9-11,13,16-17H,1,8,12,14-15H2,2-6H3/b10-9-,13-11-/t16-,17+/m1/s1. The molecule has 0 aromatic heterocycles. The van der Waals surface area contributed by atoms with Crippen LogP contribution in [0, 0.1) is 0 Å². The molecular weight excluding hydrogens is 276 g/mol. The number of ether oxygens (including phenoxy) is 1. The Labute approximate surface area is 132 Å². The monoisotopic (exact) mass is 308 g/mol. The van der Waals surface area contributed by atoms with Gasteiger partial charge in [0.15, 0.2) is 8.32 Å². The third-order valence-corrected chi connectivity index (χ3v) is 8.92. The number of rotatable bonds is 6. The zero-order valence-electron chi connectivity index (χ0n) is 14.4. The van der Waals surface area contributed by atoms with Crippen molar-refractivity contribution >= 4 is 8.32 Å². The first-order valence-corrected chi connectivity index (χ1v) is 10.9. The molecule has 1 fully saturated rings. The molecule has 120 valence electrons. The predicted octanol–water partition coefficient (Wildman–Crippen LogP) is 5.24. The zero-order valence-corrected chi connectivity index (χ0v) is 15.4. The van der Waals surface area contributed by atoms with Crippen LogP contribution in [0.3, 0.4) is 0 Å². The molecule has 1 rings (SSSR count). The van der Waals surface area contributed by atoms with Gasteiger partial charge in [0.2, 0.25) is 0 Å². The molecule has 0 spiro atoms. The van der Waals surface area contributed by atoms with Crippen molar-refractivity contribution in [3.05, 3.63) is 37.0 Å². The second-order valence-corrected chi connectivity index (χ2v) is 12.0. The van der Waals surface area contributed by atoms with E-state index in [1.807, 2.05) is 6.08 Å². The third-order valence-electron chi connectivity index (χ3n) is 4.41. The van der Waals surface area contributed by atoms with Crippen LogP contribution in [0.1, 0.15) is 40.0 Å². The van der Waals surface area contributed by atoms with Gasteiger partial charge in [0, 0.05) is 6.61 Å². The van der Waals surface area contributed by atoms with Crippen molar-refractivity contribution in [3.63, 3.8) is 0 Å². The largest absolute Gasteiger partial charge is 0.411 e. The fourth-order valence-corrected chi connectivity index (χ4v) is 3.43. The van der Waals surface area contributed by atoms with Gasteiger partial charge >= 0.3 is 0 Å². The highest BCUT2D eigenvalue weighted by Gasteiger charge is 2.41. The average Bonchev–Trinajstić information content (AvgIpc) is 2.38. The summed E-state index contributed by atoms with van der Waals surface area (Å²) in [6, 6.07) is 0. The van der Waals surface area contributed by atoms with Crippen LogP contribution < -0.4 is 0 Å². The van der Waals surface area contributed by atoms with Crippen LogP contribution in [0.5, 0.6) is 0 Å². The van der Waals surface area contributed by atoms with E-state index in [2.05, 4.69) is 64.7 Å². The highest BCUT2D eigenvalue weighted by Crippen LogP contribution is 2.38. The van der Waals surface area contributed by atoms with E-state index in [-0.39, 0.29) is 17.2 Å². The molecule has 1 aliphatic rings. The molecular formula is C18H32O2Si. The smallest absolute Gasteiger partial charge is 0.192 e. The van der Waals surface area contributed by atoms with Gasteiger partial charge in [0.1, 0.15) is 6.10 Å². The molecule has 0 aliphatic carbocycles. The second-order valence-electron chi connectivity index (χ2n) is 7.23. The molecule has 1 heterocycles. The topological polar surface area (TPSA) is 18.5 Å². The molecule has 1 aliphatic heterocycles. The van der Waals surface area contributed by atoms with Gasteiger partial charge in [-0.3, -0.25) is 0 Å². The minimum Gasteiger partial charge on any atom is -0.411 e. The Kier molecular flexibility index (Phi) is 7.11. The van der Waals surface area contributed by atoms with Crippen LogP contribution in [-0.4, -0.2) is 27.1 Å².